The third-order valence-electron chi connectivity index (χ3n) is 3.83. The van der Waals surface area contributed by atoms with E-state index in [9.17, 15) is 0 Å². The summed E-state index contributed by atoms with van der Waals surface area (Å²) >= 11 is 0. The molecule has 1 aromatic rings. The fourth-order valence-electron chi connectivity index (χ4n) is 2.58. The van der Waals surface area contributed by atoms with Gasteiger partial charge < -0.3 is 15.0 Å². The van der Waals surface area contributed by atoms with E-state index in [0.29, 0.717) is 12.1 Å². The third-order valence-corrected chi connectivity index (χ3v) is 3.83. The zero-order valence-electron chi connectivity index (χ0n) is 12.6. The number of nitrogens with one attached hydrogen (secondary N) is 1. The molecule has 106 valence electrons. The number of nitrogens with zero attached hydrogens (tertiary/aromatic N) is 1. The van der Waals surface area contributed by atoms with E-state index in [1.54, 1.807) is 0 Å². The first-order valence-corrected chi connectivity index (χ1v) is 7.30. The average molecular weight is 262 g/mol. The molecule has 2 atom stereocenters. The molecule has 1 aliphatic heterocycles. The summed E-state index contributed by atoms with van der Waals surface area (Å²) in [5, 5.41) is 3.39. The van der Waals surface area contributed by atoms with Crippen molar-refractivity contribution in [3.05, 3.63) is 29.3 Å². The molecule has 0 radical (unpaired) electrons. The van der Waals surface area contributed by atoms with E-state index >= 15 is 0 Å². The van der Waals surface area contributed by atoms with E-state index in [1.807, 2.05) is 0 Å². The summed E-state index contributed by atoms with van der Waals surface area (Å²) in [7, 11) is 0. The van der Waals surface area contributed by atoms with Crippen LogP contribution in [-0.2, 0) is 11.3 Å². The SMILES string of the molecule is CCNCc1ccc(N2CC(C)OCC2C)cc1C. The first kappa shape index (κ1) is 14.4. The van der Waals surface area contributed by atoms with Crippen LogP contribution in [0.25, 0.3) is 0 Å². The van der Waals surface area contributed by atoms with Crippen LogP contribution >= 0.6 is 0 Å². The van der Waals surface area contributed by atoms with Crippen LogP contribution in [0.5, 0.6) is 0 Å². The molecule has 0 spiro atoms. The number of morpholine rings is 1. The maximum atomic E-state index is 5.70. The molecule has 3 heteroatoms. The molecule has 0 amide bonds. The fourth-order valence-corrected chi connectivity index (χ4v) is 2.58. The summed E-state index contributed by atoms with van der Waals surface area (Å²) < 4.78 is 5.70. The lowest BCUT2D eigenvalue weighted by Crippen LogP contribution is -2.47. The molecule has 0 bridgehead atoms. The van der Waals surface area contributed by atoms with Crippen LogP contribution in [0, 0.1) is 6.92 Å². The summed E-state index contributed by atoms with van der Waals surface area (Å²) in [4.78, 5) is 2.46. The summed E-state index contributed by atoms with van der Waals surface area (Å²) in [5.74, 6) is 0. The van der Waals surface area contributed by atoms with Gasteiger partial charge in [-0.25, -0.2) is 0 Å². The van der Waals surface area contributed by atoms with Crippen LogP contribution in [0.2, 0.25) is 0 Å². The van der Waals surface area contributed by atoms with E-state index in [0.717, 1.165) is 26.2 Å². The van der Waals surface area contributed by atoms with Gasteiger partial charge in [-0.2, -0.15) is 0 Å². The van der Waals surface area contributed by atoms with E-state index in [-0.39, 0.29) is 0 Å². The number of anilines is 1. The van der Waals surface area contributed by atoms with Gasteiger partial charge >= 0.3 is 0 Å². The maximum Gasteiger partial charge on any atom is 0.0723 e. The number of aryl methyl sites for hydroxylation is 1. The van der Waals surface area contributed by atoms with Crippen molar-refractivity contribution in [1.29, 1.82) is 0 Å². The van der Waals surface area contributed by atoms with E-state index < -0.39 is 0 Å². The maximum absolute atomic E-state index is 5.70. The van der Waals surface area contributed by atoms with E-state index in [2.05, 4.69) is 56.1 Å². The predicted molar refractivity (Wildman–Crippen MR) is 80.8 cm³/mol. The van der Waals surface area contributed by atoms with Gasteiger partial charge in [-0.3, -0.25) is 0 Å². The second kappa shape index (κ2) is 6.40. The van der Waals surface area contributed by atoms with Crippen molar-refractivity contribution in [2.75, 3.05) is 24.6 Å². The highest BCUT2D eigenvalue weighted by atomic mass is 16.5. The van der Waals surface area contributed by atoms with Crippen molar-refractivity contribution in [3.63, 3.8) is 0 Å². The Morgan fingerprint density at radius 2 is 2.16 bits per heavy atom. The Bertz CT molecular complexity index is 419. The molecule has 0 aromatic heterocycles. The Balaban J connectivity index is 2.14. The molecule has 0 saturated carbocycles. The molecule has 1 fully saturated rings. The first-order valence-electron chi connectivity index (χ1n) is 7.30. The average Bonchev–Trinajstić information content (AvgIpc) is 2.40. The highest BCUT2D eigenvalue weighted by Gasteiger charge is 2.23. The van der Waals surface area contributed by atoms with E-state index in [1.165, 1.54) is 16.8 Å². The minimum absolute atomic E-state index is 0.318. The monoisotopic (exact) mass is 262 g/mol. The lowest BCUT2D eigenvalue weighted by molar-refractivity contribution is 0.0344. The minimum atomic E-state index is 0.318. The molecule has 2 rings (SSSR count). The van der Waals surface area contributed by atoms with Gasteiger partial charge in [0.2, 0.25) is 0 Å². The van der Waals surface area contributed by atoms with Crippen molar-refractivity contribution in [3.8, 4) is 0 Å². The van der Waals surface area contributed by atoms with Gasteiger partial charge in [-0.05, 0) is 50.6 Å². The third kappa shape index (κ3) is 3.48. The molecule has 2 unspecified atom stereocenters. The lowest BCUT2D eigenvalue weighted by atomic mass is 10.1. The number of ether oxygens (including phenoxy) is 1. The predicted octanol–water partition coefficient (Wildman–Crippen LogP) is 2.72. The van der Waals surface area contributed by atoms with Crippen LogP contribution in [0.15, 0.2) is 18.2 Å². The number of rotatable bonds is 4. The van der Waals surface area contributed by atoms with E-state index in [4.69, 9.17) is 4.74 Å². The number of benzene rings is 1. The van der Waals surface area contributed by atoms with Gasteiger partial charge in [0.15, 0.2) is 0 Å². The summed E-state index contributed by atoms with van der Waals surface area (Å²) in [6.07, 6.45) is 0.318. The molecule has 1 N–H and O–H groups in total. The molecular weight excluding hydrogens is 236 g/mol. The Hall–Kier alpha value is -1.06. The van der Waals surface area contributed by atoms with Crippen LogP contribution in [0.4, 0.5) is 5.69 Å². The quantitative estimate of drug-likeness (QED) is 0.903. The Morgan fingerprint density at radius 1 is 1.37 bits per heavy atom. The summed E-state index contributed by atoms with van der Waals surface area (Å²) in [5.41, 5.74) is 4.07. The summed E-state index contributed by atoms with van der Waals surface area (Å²) in [6.45, 7) is 12.5. The lowest BCUT2D eigenvalue weighted by Gasteiger charge is -2.38. The van der Waals surface area contributed by atoms with Gasteiger partial charge in [-0.1, -0.05) is 13.0 Å². The van der Waals surface area contributed by atoms with Crippen molar-refractivity contribution < 1.29 is 4.74 Å². The van der Waals surface area contributed by atoms with Gasteiger partial charge in [0.25, 0.3) is 0 Å². The second-order valence-corrected chi connectivity index (χ2v) is 5.54. The van der Waals surface area contributed by atoms with Gasteiger partial charge in [0.1, 0.15) is 0 Å². The Labute approximate surface area is 116 Å². The van der Waals surface area contributed by atoms with Crippen molar-refractivity contribution in [1.82, 2.24) is 5.32 Å². The zero-order chi connectivity index (χ0) is 13.8. The molecule has 3 nitrogen and oxygen atoms in total. The first-order chi connectivity index (χ1) is 9.11. The minimum Gasteiger partial charge on any atom is -0.375 e. The molecular formula is C16H26N2O. The number of hydrogen-bond donors (Lipinski definition) is 1. The number of hydrogen-bond acceptors (Lipinski definition) is 3. The smallest absolute Gasteiger partial charge is 0.0723 e. The van der Waals surface area contributed by atoms with Gasteiger partial charge in [0.05, 0.1) is 12.7 Å². The second-order valence-electron chi connectivity index (χ2n) is 5.54. The standard InChI is InChI=1S/C16H26N2O/c1-5-17-9-15-6-7-16(8-12(15)2)18-10-14(4)19-11-13(18)3/h6-8,13-14,17H,5,9-11H2,1-4H3. The molecule has 1 aliphatic rings. The molecule has 0 aliphatic carbocycles. The topological polar surface area (TPSA) is 24.5 Å². The molecule has 1 heterocycles. The highest BCUT2D eigenvalue weighted by Crippen LogP contribution is 2.24. The van der Waals surface area contributed by atoms with Crippen molar-refractivity contribution in [2.45, 2.75) is 46.4 Å². The van der Waals surface area contributed by atoms with Gasteiger partial charge in [0, 0.05) is 24.8 Å². The Kier molecular flexibility index (Phi) is 4.83. The zero-order valence-corrected chi connectivity index (χ0v) is 12.6. The van der Waals surface area contributed by atoms with Crippen LogP contribution in [0.3, 0.4) is 0 Å². The Morgan fingerprint density at radius 3 is 2.84 bits per heavy atom. The molecule has 19 heavy (non-hydrogen) atoms. The largest absolute Gasteiger partial charge is 0.375 e. The normalized spacial score (nSPS) is 23.7. The van der Waals surface area contributed by atoms with Gasteiger partial charge in [-0.15, -0.1) is 0 Å². The van der Waals surface area contributed by atoms with Crippen molar-refractivity contribution in [2.24, 2.45) is 0 Å². The van der Waals surface area contributed by atoms with Crippen LogP contribution in [0.1, 0.15) is 31.9 Å². The van der Waals surface area contributed by atoms with Crippen molar-refractivity contribution >= 4 is 5.69 Å². The van der Waals surface area contributed by atoms with Crippen LogP contribution in [-0.4, -0.2) is 31.8 Å². The highest BCUT2D eigenvalue weighted by molar-refractivity contribution is 5.52. The summed E-state index contributed by atoms with van der Waals surface area (Å²) in [6, 6.07) is 7.26. The molecule has 1 aromatic carbocycles. The molecule has 1 saturated heterocycles. The fraction of sp³-hybridized carbons (Fsp3) is 0.625. The van der Waals surface area contributed by atoms with Crippen LogP contribution < -0.4 is 10.2 Å².